The largest absolute Gasteiger partial charge is 0.454 e. The van der Waals surface area contributed by atoms with E-state index in [-0.39, 0.29) is 5.41 Å². The van der Waals surface area contributed by atoms with Crippen LogP contribution in [0.3, 0.4) is 0 Å². The number of nitrogens with zero attached hydrogens (tertiary/aromatic N) is 7. The summed E-state index contributed by atoms with van der Waals surface area (Å²) in [6, 6.07) is 63.6. The number of rotatable bonds is 6. The summed E-state index contributed by atoms with van der Waals surface area (Å²) in [5.74, 6) is 2.80. The van der Waals surface area contributed by atoms with Gasteiger partial charge in [-0.15, -0.1) is 0 Å². The second-order valence-electron chi connectivity index (χ2n) is 19.0. The lowest BCUT2D eigenvalue weighted by molar-refractivity contribution is -0.572. The van der Waals surface area contributed by atoms with Crippen LogP contribution in [-0.4, -0.2) is 28.1 Å². The average molecular weight is 894 g/mol. The van der Waals surface area contributed by atoms with Gasteiger partial charge in [0, 0.05) is 33.8 Å². The third kappa shape index (κ3) is 5.86. The molecule has 0 fully saturated rings. The van der Waals surface area contributed by atoms with Crippen molar-refractivity contribution < 1.29 is 13.7 Å². The van der Waals surface area contributed by atoms with Gasteiger partial charge in [0.1, 0.15) is 17.2 Å². The van der Waals surface area contributed by atoms with E-state index in [1.54, 1.807) is 0 Å². The molecule has 14 aromatic rings. The molecule has 0 saturated carbocycles. The van der Waals surface area contributed by atoms with Crippen LogP contribution in [0.5, 0.6) is 11.5 Å². The minimum atomic E-state index is -0.0810. The third-order valence-corrected chi connectivity index (χ3v) is 13.8. The fourth-order valence-electron chi connectivity index (χ4n) is 10.5. The van der Waals surface area contributed by atoms with Crippen LogP contribution >= 0.6 is 0 Å². The molecule has 6 aromatic heterocycles. The number of pyridine rings is 1. The van der Waals surface area contributed by atoms with Crippen LogP contribution in [0, 0.1) is 13.3 Å². The van der Waals surface area contributed by atoms with E-state index in [0.29, 0.717) is 17.1 Å². The van der Waals surface area contributed by atoms with Crippen molar-refractivity contribution in [1.29, 1.82) is 0 Å². The quantitative estimate of drug-likeness (QED) is 0.123. The molecule has 8 aromatic carbocycles. The van der Waals surface area contributed by atoms with E-state index >= 15 is 0 Å². The molecule has 14 rings (SSSR count). The minimum absolute atomic E-state index is 0.0810. The summed E-state index contributed by atoms with van der Waals surface area (Å²) in [7, 11) is 0. The van der Waals surface area contributed by atoms with Gasteiger partial charge in [-0.25, -0.2) is 9.97 Å². The molecule has 0 aliphatic rings. The second kappa shape index (κ2) is 14.5. The van der Waals surface area contributed by atoms with Crippen molar-refractivity contribution >= 4 is 82.6 Å². The van der Waals surface area contributed by atoms with Crippen LogP contribution in [0.15, 0.2) is 193 Å². The Bertz CT molecular complexity index is 4370. The summed E-state index contributed by atoms with van der Waals surface area (Å²) in [6.45, 7) is 8.78. The monoisotopic (exact) mass is 893 g/mol. The third-order valence-electron chi connectivity index (χ3n) is 13.8. The van der Waals surface area contributed by atoms with Crippen molar-refractivity contribution in [3.8, 4) is 34.4 Å². The zero-order valence-corrected chi connectivity index (χ0v) is 38.3. The fourth-order valence-corrected chi connectivity index (χ4v) is 10.5. The van der Waals surface area contributed by atoms with Gasteiger partial charge in [-0.2, -0.15) is 0 Å². The fraction of sp³-hybridized carbons (Fsp3) is 0.0833. The van der Waals surface area contributed by atoms with Crippen molar-refractivity contribution in [2.75, 3.05) is 0 Å². The highest BCUT2D eigenvalue weighted by atomic mass is 16.5. The predicted molar refractivity (Wildman–Crippen MR) is 276 cm³/mol. The molecular formula is C60H43N7O2. The predicted octanol–water partition coefficient (Wildman–Crippen LogP) is 14.2. The van der Waals surface area contributed by atoms with E-state index in [1.807, 2.05) is 30.5 Å². The number of hydrogen-bond acceptors (Lipinski definition) is 4. The summed E-state index contributed by atoms with van der Waals surface area (Å²) >= 11 is 0. The van der Waals surface area contributed by atoms with Gasteiger partial charge in [-0.3, -0.25) is 18.1 Å². The summed E-state index contributed by atoms with van der Waals surface area (Å²) in [4.78, 5) is 10.2. The first-order valence-electron chi connectivity index (χ1n) is 23.3. The summed E-state index contributed by atoms with van der Waals surface area (Å²) in [5, 5.41) is 4.36. The van der Waals surface area contributed by atoms with E-state index < -0.39 is 0 Å². The number of aromatic nitrogens is 7. The van der Waals surface area contributed by atoms with Gasteiger partial charge < -0.3 is 13.7 Å². The van der Waals surface area contributed by atoms with Crippen LogP contribution < -0.4 is 9.30 Å². The molecule has 0 unspecified atom stereocenters. The van der Waals surface area contributed by atoms with Gasteiger partial charge in [0.15, 0.2) is 11.3 Å². The number of benzene rings is 8. The SMILES string of the molecule is Cc1cccc2c1nc1n(-c3cc(C(C)(C)C)ccn3)c3cc(Oc4cc(-n5[c-][n+](-c6ccccc6-n6c7ccccc7c7ccccc76)c6ccccc65)cc5c4oc4ccccc45)ccc3n21. The first-order chi connectivity index (χ1) is 33.8. The Labute approximate surface area is 395 Å². The highest BCUT2D eigenvalue weighted by Crippen LogP contribution is 2.41. The standard InChI is InChI=1S/C60H43N7O2/c1-37-16-15-26-52-57(37)62-59-66(52)51-29-28-40(35-53(51)67(59)56-32-38(30-31-61-56)60(2,3)4)68-55-34-39(33-44-43-19-7-14-27-54(43)69-58(44)55)63-36-64(48-23-11-10-22-47(48)63)49-24-12-13-25-50(49)65-45-20-8-5-17-41(45)42-18-6-9-21-46(42)65/h5-35H,1-4H3. The summed E-state index contributed by atoms with van der Waals surface area (Å²) in [6.07, 6.45) is 5.72. The molecule has 0 saturated heterocycles. The van der Waals surface area contributed by atoms with Gasteiger partial charge >= 0.3 is 0 Å². The molecule has 0 spiro atoms. The van der Waals surface area contributed by atoms with E-state index in [4.69, 9.17) is 19.1 Å². The summed E-state index contributed by atoms with van der Waals surface area (Å²) < 4.78 is 24.8. The van der Waals surface area contributed by atoms with E-state index in [9.17, 15) is 0 Å². The van der Waals surface area contributed by atoms with Crippen molar-refractivity contribution in [2.45, 2.75) is 33.1 Å². The van der Waals surface area contributed by atoms with Crippen LogP contribution in [0.4, 0.5) is 0 Å². The van der Waals surface area contributed by atoms with Crippen LogP contribution in [0.25, 0.3) is 106 Å². The number of ether oxygens (including phenoxy) is 1. The molecule has 0 aliphatic heterocycles. The minimum Gasteiger partial charge on any atom is -0.454 e. The molecule has 0 atom stereocenters. The molecule has 9 heteroatoms. The van der Waals surface area contributed by atoms with Crippen LogP contribution in [0.1, 0.15) is 31.9 Å². The number of imidazole rings is 3. The van der Waals surface area contributed by atoms with Gasteiger partial charge in [-0.05, 0) is 96.3 Å². The lowest BCUT2D eigenvalue weighted by Crippen LogP contribution is -2.31. The highest BCUT2D eigenvalue weighted by Gasteiger charge is 2.24. The Kier molecular flexibility index (Phi) is 8.26. The molecule has 0 N–H and O–H groups in total. The van der Waals surface area contributed by atoms with E-state index in [0.717, 1.165) is 94.7 Å². The Morgan fingerprint density at radius 3 is 2.12 bits per heavy atom. The first-order valence-corrected chi connectivity index (χ1v) is 23.3. The Morgan fingerprint density at radius 1 is 0.594 bits per heavy atom. The zero-order chi connectivity index (χ0) is 46.1. The van der Waals surface area contributed by atoms with Crippen molar-refractivity contribution in [1.82, 2.24) is 28.1 Å². The van der Waals surface area contributed by atoms with Gasteiger partial charge in [0.2, 0.25) is 5.78 Å². The number of furan rings is 1. The lowest BCUT2D eigenvalue weighted by atomic mass is 9.88. The number of hydrogen-bond donors (Lipinski definition) is 0. The van der Waals surface area contributed by atoms with E-state index in [2.05, 4.69) is 214 Å². The molecule has 69 heavy (non-hydrogen) atoms. The lowest BCUT2D eigenvalue weighted by Gasteiger charge is -2.19. The van der Waals surface area contributed by atoms with E-state index in [1.165, 1.54) is 16.3 Å². The van der Waals surface area contributed by atoms with Crippen molar-refractivity contribution in [3.63, 3.8) is 0 Å². The Hall–Kier alpha value is -8.95. The van der Waals surface area contributed by atoms with Gasteiger partial charge in [0.25, 0.3) is 6.33 Å². The highest BCUT2D eigenvalue weighted by molar-refractivity contribution is 6.10. The molecule has 330 valence electrons. The number of fused-ring (bicyclic) bond motifs is 12. The topological polar surface area (TPSA) is 71.2 Å². The van der Waals surface area contributed by atoms with Gasteiger partial charge in [0.05, 0.1) is 61.2 Å². The maximum Gasteiger partial charge on any atom is 0.269 e. The Morgan fingerprint density at radius 2 is 1.30 bits per heavy atom. The van der Waals surface area contributed by atoms with Crippen LogP contribution in [0.2, 0.25) is 0 Å². The molecular weight excluding hydrogens is 851 g/mol. The van der Waals surface area contributed by atoms with Crippen molar-refractivity contribution in [3.05, 3.63) is 206 Å². The molecule has 0 amide bonds. The van der Waals surface area contributed by atoms with Crippen molar-refractivity contribution in [2.24, 2.45) is 0 Å². The molecule has 0 bridgehead atoms. The van der Waals surface area contributed by atoms with Gasteiger partial charge in [-0.1, -0.05) is 124 Å². The smallest absolute Gasteiger partial charge is 0.269 e. The Balaban J connectivity index is 0.965. The average Bonchev–Trinajstić information content (AvgIpc) is 4.19. The first kappa shape index (κ1) is 39.2. The molecule has 0 aliphatic carbocycles. The second-order valence-corrected chi connectivity index (χ2v) is 19.0. The molecule has 9 nitrogen and oxygen atoms in total. The maximum absolute atomic E-state index is 7.10. The van der Waals surface area contributed by atoms with Crippen LogP contribution in [-0.2, 0) is 5.41 Å². The summed E-state index contributed by atoms with van der Waals surface area (Å²) in [5.41, 5.74) is 14.8. The normalized spacial score (nSPS) is 12.3. The molecule has 6 heterocycles. The maximum atomic E-state index is 7.10. The number of para-hydroxylation sites is 8. The number of aryl methyl sites for hydroxylation is 1. The molecule has 0 radical (unpaired) electrons. The zero-order valence-electron chi connectivity index (χ0n) is 38.3.